The standard InChI is InChI=1S/C12H17F5O4/c1-7(2)5-20-8(18)10(3,4)9(19)21-6-11(13,14)12(15,16)17/h7H,5-6H2,1-4H3. The molecule has 0 aromatic heterocycles. The molecule has 0 unspecified atom stereocenters. The molecule has 0 aliphatic rings. The average Bonchev–Trinajstić information content (AvgIpc) is 2.31. The van der Waals surface area contributed by atoms with Gasteiger partial charge in [-0.25, -0.2) is 0 Å². The number of hydrogen-bond donors (Lipinski definition) is 0. The Bertz CT molecular complexity index is 388. The number of hydrogen-bond acceptors (Lipinski definition) is 4. The molecule has 0 aliphatic heterocycles. The van der Waals surface area contributed by atoms with E-state index in [0.29, 0.717) is 0 Å². The Hall–Kier alpha value is -1.41. The van der Waals surface area contributed by atoms with E-state index >= 15 is 0 Å². The molecule has 0 aliphatic carbocycles. The number of alkyl halides is 5. The average molecular weight is 320 g/mol. The van der Waals surface area contributed by atoms with Gasteiger partial charge in [0.2, 0.25) is 0 Å². The Kier molecular flexibility index (Phi) is 6.13. The SMILES string of the molecule is CC(C)COC(=O)C(C)(C)C(=O)OCC(F)(F)C(F)(F)F. The van der Waals surface area contributed by atoms with Gasteiger partial charge in [-0.2, -0.15) is 22.0 Å². The smallest absolute Gasteiger partial charge is 0.456 e. The van der Waals surface area contributed by atoms with Crippen molar-refractivity contribution in [1.29, 1.82) is 0 Å². The number of ether oxygens (including phenoxy) is 2. The van der Waals surface area contributed by atoms with Crippen molar-refractivity contribution in [2.45, 2.75) is 39.8 Å². The molecule has 0 atom stereocenters. The van der Waals surface area contributed by atoms with Crippen LogP contribution >= 0.6 is 0 Å². The Morgan fingerprint density at radius 2 is 1.38 bits per heavy atom. The zero-order valence-corrected chi connectivity index (χ0v) is 12.0. The maximum atomic E-state index is 12.6. The summed E-state index contributed by atoms with van der Waals surface area (Å²) in [4.78, 5) is 23.1. The van der Waals surface area contributed by atoms with Gasteiger partial charge in [0.05, 0.1) is 6.61 Å². The molecule has 0 heterocycles. The minimum Gasteiger partial charge on any atom is -0.465 e. The first-order chi connectivity index (χ1) is 9.22. The number of rotatable bonds is 6. The van der Waals surface area contributed by atoms with Crippen molar-refractivity contribution in [3.63, 3.8) is 0 Å². The molecule has 0 rings (SSSR count). The van der Waals surface area contributed by atoms with Crippen LogP contribution in [0.4, 0.5) is 22.0 Å². The summed E-state index contributed by atoms with van der Waals surface area (Å²) >= 11 is 0. The Labute approximate surface area is 118 Å². The minimum atomic E-state index is -5.84. The van der Waals surface area contributed by atoms with Crippen LogP contribution in [0.25, 0.3) is 0 Å². The Morgan fingerprint density at radius 3 is 1.76 bits per heavy atom. The summed E-state index contributed by atoms with van der Waals surface area (Å²) < 4.78 is 69.6. The molecule has 0 saturated heterocycles. The fourth-order valence-electron chi connectivity index (χ4n) is 0.925. The van der Waals surface area contributed by atoms with Crippen molar-refractivity contribution in [3.8, 4) is 0 Å². The van der Waals surface area contributed by atoms with Gasteiger partial charge in [-0.1, -0.05) is 13.8 Å². The van der Waals surface area contributed by atoms with Crippen molar-refractivity contribution in [3.05, 3.63) is 0 Å². The molecule has 0 amide bonds. The van der Waals surface area contributed by atoms with E-state index in [9.17, 15) is 31.5 Å². The van der Waals surface area contributed by atoms with Crippen LogP contribution in [0.1, 0.15) is 27.7 Å². The van der Waals surface area contributed by atoms with E-state index in [1.165, 1.54) is 0 Å². The van der Waals surface area contributed by atoms with Crippen LogP contribution in [0, 0.1) is 11.3 Å². The number of halogens is 5. The highest BCUT2D eigenvalue weighted by Crippen LogP contribution is 2.36. The third kappa shape index (κ3) is 5.47. The third-order valence-corrected chi connectivity index (χ3v) is 2.37. The fourth-order valence-corrected chi connectivity index (χ4v) is 0.925. The van der Waals surface area contributed by atoms with Gasteiger partial charge in [0.15, 0.2) is 12.0 Å². The molecular formula is C12H17F5O4. The van der Waals surface area contributed by atoms with Crippen molar-refractivity contribution < 1.29 is 41.0 Å². The zero-order valence-electron chi connectivity index (χ0n) is 12.0. The van der Waals surface area contributed by atoms with E-state index in [2.05, 4.69) is 4.74 Å². The van der Waals surface area contributed by atoms with E-state index < -0.39 is 36.1 Å². The van der Waals surface area contributed by atoms with Gasteiger partial charge in [-0.15, -0.1) is 0 Å². The third-order valence-electron chi connectivity index (χ3n) is 2.37. The van der Waals surface area contributed by atoms with E-state index in [0.717, 1.165) is 13.8 Å². The second kappa shape index (κ2) is 6.57. The molecule has 0 radical (unpaired) electrons. The van der Waals surface area contributed by atoms with Crippen LogP contribution in [0.2, 0.25) is 0 Å². The van der Waals surface area contributed by atoms with Gasteiger partial charge in [0.25, 0.3) is 0 Å². The quantitative estimate of drug-likeness (QED) is 0.429. The molecule has 0 bridgehead atoms. The van der Waals surface area contributed by atoms with Crippen LogP contribution in [0.15, 0.2) is 0 Å². The molecule has 21 heavy (non-hydrogen) atoms. The molecule has 0 aromatic carbocycles. The summed E-state index contributed by atoms with van der Waals surface area (Å²) in [6.07, 6.45) is -5.84. The van der Waals surface area contributed by atoms with Crippen LogP contribution in [-0.2, 0) is 19.1 Å². The molecule has 9 heteroatoms. The summed E-state index contributed by atoms with van der Waals surface area (Å²) in [7, 11) is 0. The van der Waals surface area contributed by atoms with E-state index in [-0.39, 0.29) is 12.5 Å². The predicted molar refractivity (Wildman–Crippen MR) is 61.5 cm³/mol. The molecular weight excluding hydrogens is 303 g/mol. The largest absolute Gasteiger partial charge is 0.465 e. The summed E-state index contributed by atoms with van der Waals surface area (Å²) in [5.74, 6) is -7.78. The number of carbonyl (C=O) groups excluding carboxylic acids is 2. The Morgan fingerprint density at radius 1 is 0.952 bits per heavy atom. The van der Waals surface area contributed by atoms with Crippen molar-refractivity contribution >= 4 is 11.9 Å². The van der Waals surface area contributed by atoms with Gasteiger partial charge in [-0.05, 0) is 19.8 Å². The first-order valence-corrected chi connectivity index (χ1v) is 6.01. The van der Waals surface area contributed by atoms with E-state index in [1.807, 2.05) is 0 Å². The number of esters is 2. The van der Waals surface area contributed by atoms with Crippen LogP contribution in [-0.4, -0.2) is 37.3 Å². The summed E-state index contributed by atoms with van der Waals surface area (Å²) in [5, 5.41) is 0. The molecule has 0 aromatic rings. The first-order valence-electron chi connectivity index (χ1n) is 6.01. The van der Waals surface area contributed by atoms with Crippen molar-refractivity contribution in [2.24, 2.45) is 11.3 Å². The lowest BCUT2D eigenvalue weighted by Gasteiger charge is -2.24. The van der Waals surface area contributed by atoms with E-state index in [1.54, 1.807) is 13.8 Å². The second-order valence-corrected chi connectivity index (χ2v) is 5.40. The molecule has 0 saturated carbocycles. The summed E-state index contributed by atoms with van der Waals surface area (Å²) in [6, 6.07) is 0. The monoisotopic (exact) mass is 320 g/mol. The lowest BCUT2D eigenvalue weighted by Crippen LogP contribution is -2.44. The first kappa shape index (κ1) is 19.6. The molecule has 0 N–H and O–H groups in total. The van der Waals surface area contributed by atoms with Gasteiger partial charge in [-0.3, -0.25) is 9.59 Å². The van der Waals surface area contributed by atoms with Crippen LogP contribution in [0.5, 0.6) is 0 Å². The zero-order chi connectivity index (χ0) is 17.1. The second-order valence-electron chi connectivity index (χ2n) is 5.40. The highest BCUT2D eigenvalue weighted by atomic mass is 19.4. The topological polar surface area (TPSA) is 52.6 Å². The summed E-state index contributed by atoms with van der Waals surface area (Å²) in [6.45, 7) is 3.28. The summed E-state index contributed by atoms with van der Waals surface area (Å²) in [5.41, 5.74) is -1.98. The van der Waals surface area contributed by atoms with Gasteiger partial charge in [0.1, 0.15) is 0 Å². The van der Waals surface area contributed by atoms with E-state index in [4.69, 9.17) is 4.74 Å². The maximum absolute atomic E-state index is 12.6. The normalized spacial score (nSPS) is 13.2. The molecule has 0 fully saturated rings. The van der Waals surface area contributed by atoms with Crippen molar-refractivity contribution in [2.75, 3.05) is 13.2 Å². The Balaban J connectivity index is 4.67. The lowest BCUT2D eigenvalue weighted by atomic mass is 9.94. The minimum absolute atomic E-state index is 0.0196. The fraction of sp³-hybridized carbons (Fsp3) is 0.833. The van der Waals surface area contributed by atoms with Gasteiger partial charge < -0.3 is 9.47 Å². The highest BCUT2D eigenvalue weighted by molar-refractivity contribution is 5.99. The molecule has 4 nitrogen and oxygen atoms in total. The molecule has 124 valence electrons. The van der Waals surface area contributed by atoms with Gasteiger partial charge >= 0.3 is 24.0 Å². The van der Waals surface area contributed by atoms with Crippen LogP contribution in [0.3, 0.4) is 0 Å². The predicted octanol–water partition coefficient (Wildman–Crippen LogP) is 2.95. The van der Waals surface area contributed by atoms with Crippen molar-refractivity contribution in [1.82, 2.24) is 0 Å². The molecule has 0 spiro atoms. The van der Waals surface area contributed by atoms with Gasteiger partial charge in [0, 0.05) is 0 Å². The number of carbonyl (C=O) groups is 2. The highest BCUT2D eigenvalue weighted by Gasteiger charge is 2.59. The lowest BCUT2D eigenvalue weighted by molar-refractivity contribution is -0.294. The van der Waals surface area contributed by atoms with Crippen LogP contribution < -0.4 is 0 Å². The maximum Gasteiger partial charge on any atom is 0.456 e.